The number of amides is 1. The molecule has 4 nitrogen and oxygen atoms in total. The number of nitrogens with one attached hydrogen (secondary N) is 1. The lowest BCUT2D eigenvalue weighted by atomic mass is 10.1. The van der Waals surface area contributed by atoms with Crippen LogP contribution >= 0.6 is 0 Å². The van der Waals surface area contributed by atoms with Gasteiger partial charge in [0.2, 0.25) is 0 Å². The summed E-state index contributed by atoms with van der Waals surface area (Å²) in [6.07, 6.45) is 1.47. The first kappa shape index (κ1) is 19.3. The number of aromatic nitrogens is 1. The Kier molecular flexibility index (Phi) is 5.52. The molecule has 0 unspecified atom stereocenters. The molecule has 0 aliphatic rings. The van der Waals surface area contributed by atoms with Gasteiger partial charge in [-0.1, -0.05) is 42.5 Å². The summed E-state index contributed by atoms with van der Waals surface area (Å²) in [5.74, 6) is -0.628. The van der Waals surface area contributed by atoms with Gasteiger partial charge in [0.05, 0.1) is 11.9 Å². The zero-order valence-corrected chi connectivity index (χ0v) is 16.4. The zero-order valence-electron chi connectivity index (χ0n) is 16.4. The summed E-state index contributed by atoms with van der Waals surface area (Å²) in [5.41, 5.74) is 7.99. The van der Waals surface area contributed by atoms with E-state index in [1.165, 1.54) is 18.3 Å². The molecule has 1 N–H and O–H groups in total. The fourth-order valence-electron chi connectivity index (χ4n) is 3.26. The van der Waals surface area contributed by atoms with Crippen molar-refractivity contribution in [2.45, 2.75) is 6.92 Å². The van der Waals surface area contributed by atoms with Crippen LogP contribution in [0.15, 0.2) is 96.1 Å². The van der Waals surface area contributed by atoms with Gasteiger partial charge in [0, 0.05) is 16.9 Å². The van der Waals surface area contributed by atoms with Crippen molar-refractivity contribution in [2.75, 3.05) is 0 Å². The van der Waals surface area contributed by atoms with Gasteiger partial charge in [-0.05, 0) is 66.6 Å². The van der Waals surface area contributed by atoms with Crippen LogP contribution in [0, 0.1) is 12.7 Å². The summed E-state index contributed by atoms with van der Waals surface area (Å²) in [7, 11) is 0. The monoisotopic (exact) mass is 397 g/mol. The van der Waals surface area contributed by atoms with Gasteiger partial charge < -0.3 is 4.57 Å². The third-order valence-electron chi connectivity index (χ3n) is 4.78. The van der Waals surface area contributed by atoms with Crippen LogP contribution in [0.1, 0.15) is 21.6 Å². The number of halogens is 1. The molecule has 0 bridgehead atoms. The quantitative estimate of drug-likeness (QED) is 0.358. The molecule has 3 aromatic carbocycles. The van der Waals surface area contributed by atoms with E-state index in [4.69, 9.17) is 0 Å². The second-order valence-electron chi connectivity index (χ2n) is 6.86. The standard InChI is InChI=1S/C25H20FN3O/c1-18-7-16-24(20-5-3-2-4-6-20)29(18)23-14-10-21(11-15-23)25(30)28-27-17-19-8-12-22(26)13-9-19/h2-17H,1H3,(H,28,30)/b27-17+. The van der Waals surface area contributed by atoms with Gasteiger partial charge in [0.1, 0.15) is 5.82 Å². The molecule has 0 aliphatic heterocycles. The minimum atomic E-state index is -0.315. The highest BCUT2D eigenvalue weighted by atomic mass is 19.1. The predicted octanol–water partition coefficient (Wildman–Crippen LogP) is 5.36. The Morgan fingerprint density at radius 1 is 0.900 bits per heavy atom. The van der Waals surface area contributed by atoms with E-state index in [2.05, 4.69) is 46.3 Å². The van der Waals surface area contributed by atoms with E-state index in [0.29, 0.717) is 11.1 Å². The van der Waals surface area contributed by atoms with E-state index >= 15 is 0 Å². The molecule has 30 heavy (non-hydrogen) atoms. The largest absolute Gasteiger partial charge is 0.314 e. The van der Waals surface area contributed by atoms with Gasteiger partial charge in [0.25, 0.3) is 5.91 Å². The second kappa shape index (κ2) is 8.57. The molecular formula is C25H20FN3O. The van der Waals surface area contributed by atoms with Gasteiger partial charge in [-0.25, -0.2) is 9.82 Å². The van der Waals surface area contributed by atoms with Crippen molar-refractivity contribution in [3.8, 4) is 16.9 Å². The number of carbonyl (C=O) groups excluding carboxylic acids is 1. The Balaban J connectivity index is 1.50. The number of nitrogens with zero attached hydrogens (tertiary/aromatic N) is 2. The normalized spacial score (nSPS) is 11.0. The molecule has 0 aliphatic carbocycles. The van der Waals surface area contributed by atoms with Crippen molar-refractivity contribution in [1.82, 2.24) is 9.99 Å². The predicted molar refractivity (Wildman–Crippen MR) is 117 cm³/mol. The lowest BCUT2D eigenvalue weighted by Gasteiger charge is -2.12. The van der Waals surface area contributed by atoms with Crippen molar-refractivity contribution in [1.29, 1.82) is 0 Å². The van der Waals surface area contributed by atoms with E-state index in [0.717, 1.165) is 22.6 Å². The maximum Gasteiger partial charge on any atom is 0.271 e. The minimum Gasteiger partial charge on any atom is -0.314 e. The van der Waals surface area contributed by atoms with Crippen LogP contribution in [0.3, 0.4) is 0 Å². The molecule has 0 atom stereocenters. The Bertz CT molecular complexity index is 1180. The highest BCUT2D eigenvalue weighted by Crippen LogP contribution is 2.26. The molecule has 0 spiro atoms. The van der Waals surface area contributed by atoms with Crippen LogP contribution in [0.2, 0.25) is 0 Å². The Morgan fingerprint density at radius 3 is 2.30 bits per heavy atom. The Labute approximate surface area is 174 Å². The fourth-order valence-corrected chi connectivity index (χ4v) is 3.26. The van der Waals surface area contributed by atoms with Crippen molar-refractivity contribution in [3.63, 3.8) is 0 Å². The van der Waals surface area contributed by atoms with E-state index in [9.17, 15) is 9.18 Å². The molecule has 0 fully saturated rings. The van der Waals surface area contributed by atoms with Crippen molar-refractivity contribution < 1.29 is 9.18 Å². The number of hydrogen-bond donors (Lipinski definition) is 1. The first-order valence-corrected chi connectivity index (χ1v) is 9.55. The molecular weight excluding hydrogens is 377 g/mol. The summed E-state index contributed by atoms with van der Waals surface area (Å²) < 4.78 is 15.1. The topological polar surface area (TPSA) is 46.4 Å². The maximum atomic E-state index is 12.9. The second-order valence-corrected chi connectivity index (χ2v) is 6.86. The van der Waals surface area contributed by atoms with E-state index in [1.54, 1.807) is 24.3 Å². The molecule has 1 heterocycles. The van der Waals surface area contributed by atoms with Crippen LogP contribution in [0.4, 0.5) is 4.39 Å². The number of aryl methyl sites for hydroxylation is 1. The fraction of sp³-hybridized carbons (Fsp3) is 0.0400. The lowest BCUT2D eigenvalue weighted by molar-refractivity contribution is 0.0955. The average Bonchev–Trinajstić information content (AvgIpc) is 3.17. The number of benzene rings is 3. The van der Waals surface area contributed by atoms with Gasteiger partial charge in [-0.3, -0.25) is 4.79 Å². The maximum absolute atomic E-state index is 12.9. The van der Waals surface area contributed by atoms with Crippen LogP contribution in [-0.4, -0.2) is 16.7 Å². The third-order valence-corrected chi connectivity index (χ3v) is 4.78. The van der Waals surface area contributed by atoms with E-state index < -0.39 is 0 Å². The molecule has 0 radical (unpaired) electrons. The molecule has 0 saturated carbocycles. The molecule has 1 amide bonds. The van der Waals surface area contributed by atoms with Crippen molar-refractivity contribution in [2.24, 2.45) is 5.10 Å². The number of rotatable bonds is 5. The lowest BCUT2D eigenvalue weighted by Crippen LogP contribution is -2.17. The molecule has 0 saturated heterocycles. The van der Waals surface area contributed by atoms with Gasteiger partial charge in [0.15, 0.2) is 0 Å². The van der Waals surface area contributed by atoms with Gasteiger partial charge in [-0.15, -0.1) is 0 Å². The van der Waals surface area contributed by atoms with E-state index in [1.807, 2.05) is 30.3 Å². The number of hydrogen-bond acceptors (Lipinski definition) is 2. The zero-order chi connectivity index (χ0) is 20.9. The Morgan fingerprint density at radius 2 is 1.60 bits per heavy atom. The summed E-state index contributed by atoms with van der Waals surface area (Å²) >= 11 is 0. The summed E-state index contributed by atoms with van der Waals surface area (Å²) in [4.78, 5) is 12.4. The van der Waals surface area contributed by atoms with Crippen molar-refractivity contribution >= 4 is 12.1 Å². The molecule has 4 rings (SSSR count). The first-order chi connectivity index (χ1) is 14.6. The molecule has 148 valence electrons. The van der Waals surface area contributed by atoms with Crippen molar-refractivity contribution in [3.05, 3.63) is 114 Å². The molecule has 4 aromatic rings. The van der Waals surface area contributed by atoms with Crippen LogP contribution in [-0.2, 0) is 0 Å². The third kappa shape index (κ3) is 4.20. The van der Waals surface area contributed by atoms with Gasteiger partial charge in [-0.2, -0.15) is 5.10 Å². The van der Waals surface area contributed by atoms with Crippen LogP contribution < -0.4 is 5.43 Å². The minimum absolute atomic E-state index is 0.313. The van der Waals surface area contributed by atoms with E-state index in [-0.39, 0.29) is 11.7 Å². The average molecular weight is 397 g/mol. The smallest absolute Gasteiger partial charge is 0.271 e. The molecule has 1 aromatic heterocycles. The highest BCUT2D eigenvalue weighted by molar-refractivity contribution is 5.95. The van der Waals surface area contributed by atoms with Gasteiger partial charge >= 0.3 is 0 Å². The summed E-state index contributed by atoms with van der Waals surface area (Å²) in [6.45, 7) is 2.05. The first-order valence-electron chi connectivity index (χ1n) is 9.55. The Hall–Kier alpha value is -3.99. The summed E-state index contributed by atoms with van der Waals surface area (Å²) in [5, 5.41) is 3.94. The molecule has 5 heteroatoms. The van der Waals surface area contributed by atoms with Crippen LogP contribution in [0.25, 0.3) is 16.9 Å². The summed E-state index contributed by atoms with van der Waals surface area (Å²) in [6, 6.07) is 27.6. The SMILES string of the molecule is Cc1ccc(-c2ccccc2)n1-c1ccc(C(=O)N/N=C/c2ccc(F)cc2)cc1. The number of carbonyl (C=O) groups is 1. The number of hydrazone groups is 1. The highest BCUT2D eigenvalue weighted by Gasteiger charge is 2.10. The van der Waals surface area contributed by atoms with Crippen LogP contribution in [0.5, 0.6) is 0 Å².